The minimum atomic E-state index is -0.801. The van der Waals surface area contributed by atoms with E-state index >= 15 is 0 Å². The largest absolute Gasteiger partial charge is 0.377 e. The average molecular weight is 450 g/mol. The lowest BCUT2D eigenvalue weighted by atomic mass is 9.77. The summed E-state index contributed by atoms with van der Waals surface area (Å²) in [4.78, 5) is 15.5. The highest BCUT2D eigenvalue weighted by Gasteiger charge is 2.52. The van der Waals surface area contributed by atoms with Crippen LogP contribution in [0.5, 0.6) is 0 Å². The Morgan fingerprint density at radius 2 is 2.10 bits per heavy atom. The molecule has 31 heavy (non-hydrogen) atoms. The Kier molecular flexibility index (Phi) is 5.73. The number of allylic oxidation sites excluding steroid dienone is 4. The number of hydrogen-bond donors (Lipinski definition) is 1. The topological polar surface area (TPSA) is 44.8 Å². The zero-order valence-electron chi connectivity index (χ0n) is 17.9. The molecule has 2 fully saturated rings. The van der Waals surface area contributed by atoms with E-state index in [1.807, 2.05) is 6.92 Å². The van der Waals surface area contributed by atoms with Crippen LogP contribution in [0, 0.1) is 5.92 Å². The summed E-state index contributed by atoms with van der Waals surface area (Å²) >= 11 is 1.39. The van der Waals surface area contributed by atoms with Crippen molar-refractivity contribution in [1.82, 2.24) is 13.9 Å². The molecule has 5 nitrogen and oxygen atoms in total. The fraction of sp³-hybridized carbons (Fsp3) is 0.609. The maximum Gasteiger partial charge on any atom is 0.241 e. The number of fused-ring (bicyclic) bond motifs is 5. The Balaban J connectivity index is 1.40. The van der Waals surface area contributed by atoms with Crippen molar-refractivity contribution >= 4 is 18.0 Å². The van der Waals surface area contributed by atoms with E-state index in [-0.39, 0.29) is 42.5 Å². The van der Waals surface area contributed by atoms with Gasteiger partial charge >= 0.3 is 0 Å². The van der Waals surface area contributed by atoms with Crippen molar-refractivity contribution in [1.29, 1.82) is 0 Å². The molecular weight excluding hydrogens is 420 g/mol. The predicted molar refractivity (Wildman–Crippen MR) is 117 cm³/mol. The van der Waals surface area contributed by atoms with Crippen molar-refractivity contribution in [2.45, 2.75) is 69.7 Å². The van der Waals surface area contributed by atoms with Crippen LogP contribution in [0.4, 0.5) is 8.78 Å². The zero-order chi connectivity index (χ0) is 21.7. The molecule has 0 aromatic carbocycles. The van der Waals surface area contributed by atoms with Crippen LogP contribution in [0.1, 0.15) is 45.4 Å². The zero-order valence-corrected chi connectivity index (χ0v) is 18.8. The first kappa shape index (κ1) is 21.2. The van der Waals surface area contributed by atoms with Gasteiger partial charge in [0.15, 0.2) is 5.83 Å². The van der Waals surface area contributed by atoms with Gasteiger partial charge in [-0.15, -0.1) is 0 Å². The summed E-state index contributed by atoms with van der Waals surface area (Å²) in [5.41, 5.74) is 3.34. The molecule has 0 aromatic rings. The van der Waals surface area contributed by atoms with E-state index < -0.39 is 11.7 Å². The van der Waals surface area contributed by atoms with E-state index in [1.54, 1.807) is 7.11 Å². The Bertz CT molecular complexity index is 899. The highest BCUT2D eigenvalue weighted by molar-refractivity contribution is 7.95. The average Bonchev–Trinajstić information content (AvgIpc) is 2.78. The summed E-state index contributed by atoms with van der Waals surface area (Å²) in [6.07, 6.45) is 10.4. The van der Waals surface area contributed by atoms with Crippen LogP contribution in [0.2, 0.25) is 0 Å². The van der Waals surface area contributed by atoms with Gasteiger partial charge in [0.25, 0.3) is 0 Å². The summed E-state index contributed by atoms with van der Waals surface area (Å²) in [7, 11) is 1.74. The van der Waals surface area contributed by atoms with E-state index in [0.717, 1.165) is 38.6 Å². The molecule has 0 saturated carbocycles. The number of piperidine rings is 1. The van der Waals surface area contributed by atoms with Crippen LogP contribution in [0.15, 0.2) is 46.7 Å². The second-order valence-corrected chi connectivity index (χ2v) is 9.96. The van der Waals surface area contributed by atoms with Crippen LogP contribution < -0.4 is 4.72 Å². The molecule has 3 heterocycles. The van der Waals surface area contributed by atoms with E-state index in [4.69, 9.17) is 4.74 Å². The molecule has 2 aliphatic carbocycles. The van der Waals surface area contributed by atoms with Crippen molar-refractivity contribution in [2.75, 3.05) is 13.7 Å². The van der Waals surface area contributed by atoms with Crippen LogP contribution in [0.25, 0.3) is 0 Å². The number of carbonyl (C=O) groups is 1. The fourth-order valence-electron chi connectivity index (χ4n) is 5.63. The van der Waals surface area contributed by atoms with Gasteiger partial charge in [-0.3, -0.25) is 4.79 Å². The van der Waals surface area contributed by atoms with Crippen molar-refractivity contribution in [3.05, 3.63) is 46.7 Å². The lowest BCUT2D eigenvalue weighted by Gasteiger charge is -2.55. The molecule has 1 N–H and O–H groups in total. The smallest absolute Gasteiger partial charge is 0.241 e. The lowest BCUT2D eigenvalue weighted by molar-refractivity contribution is -0.147. The summed E-state index contributed by atoms with van der Waals surface area (Å²) in [5, 5.41) is 0. The summed E-state index contributed by atoms with van der Waals surface area (Å²) in [5.74, 6) is -1.43. The molecule has 0 aromatic heterocycles. The van der Waals surface area contributed by atoms with Gasteiger partial charge in [0, 0.05) is 49.9 Å². The third kappa shape index (κ3) is 3.66. The van der Waals surface area contributed by atoms with Crippen molar-refractivity contribution in [3.63, 3.8) is 0 Å². The molecule has 5 unspecified atom stereocenters. The molecule has 1 amide bonds. The van der Waals surface area contributed by atoms with Crippen LogP contribution in [-0.2, 0) is 9.53 Å². The SMILES string of the molecule is COC1C=CC2=C(CCN3C(=O)C4CCCC(C23)N4SNC2=CC(F)=C(F)CC2C)C1. The molecule has 5 atom stereocenters. The quantitative estimate of drug-likeness (QED) is 0.648. The van der Waals surface area contributed by atoms with Gasteiger partial charge < -0.3 is 14.4 Å². The second kappa shape index (κ2) is 8.37. The second-order valence-electron chi connectivity index (χ2n) is 9.15. The molecule has 0 radical (unpaired) electrons. The number of methoxy groups -OCH3 is 1. The van der Waals surface area contributed by atoms with E-state index in [0.29, 0.717) is 5.70 Å². The number of nitrogens with one attached hydrogen (secondary N) is 1. The van der Waals surface area contributed by atoms with Crippen molar-refractivity contribution < 1.29 is 18.3 Å². The maximum atomic E-state index is 13.8. The third-order valence-electron chi connectivity index (χ3n) is 7.33. The van der Waals surface area contributed by atoms with Crippen LogP contribution in [0.3, 0.4) is 0 Å². The third-order valence-corrected chi connectivity index (χ3v) is 8.39. The number of halogens is 2. The Morgan fingerprint density at radius 3 is 2.90 bits per heavy atom. The first-order chi connectivity index (χ1) is 15.0. The number of rotatable bonds is 4. The molecule has 0 spiro atoms. The minimum Gasteiger partial charge on any atom is -0.377 e. The minimum absolute atomic E-state index is 0.0444. The highest BCUT2D eigenvalue weighted by atomic mass is 32.2. The monoisotopic (exact) mass is 449 g/mol. The van der Waals surface area contributed by atoms with Crippen molar-refractivity contribution in [2.24, 2.45) is 5.92 Å². The Hall–Kier alpha value is -1.64. The highest BCUT2D eigenvalue weighted by Crippen LogP contribution is 2.44. The molecule has 2 saturated heterocycles. The van der Waals surface area contributed by atoms with Gasteiger partial charge in [-0.2, -0.15) is 0 Å². The van der Waals surface area contributed by atoms with Crippen molar-refractivity contribution in [3.8, 4) is 0 Å². The van der Waals surface area contributed by atoms with E-state index in [9.17, 15) is 13.6 Å². The molecule has 5 rings (SSSR count). The molecule has 8 heteroatoms. The van der Waals surface area contributed by atoms with E-state index in [1.165, 1.54) is 29.4 Å². The van der Waals surface area contributed by atoms with Gasteiger partial charge in [-0.1, -0.05) is 24.6 Å². The number of amides is 1. The first-order valence-electron chi connectivity index (χ1n) is 11.2. The van der Waals surface area contributed by atoms with E-state index in [2.05, 4.69) is 26.1 Å². The maximum absolute atomic E-state index is 13.8. The van der Waals surface area contributed by atoms with Crippen LogP contribution in [-0.4, -0.2) is 53.0 Å². The number of nitrogens with zero attached hydrogens (tertiary/aromatic N) is 2. The van der Waals surface area contributed by atoms with Gasteiger partial charge in [0.1, 0.15) is 11.9 Å². The Labute approximate surface area is 186 Å². The summed E-state index contributed by atoms with van der Waals surface area (Å²) in [6, 6.07) is 0.0631. The van der Waals surface area contributed by atoms with Gasteiger partial charge in [0.05, 0.1) is 12.1 Å². The fourth-order valence-corrected chi connectivity index (χ4v) is 6.77. The first-order valence-corrected chi connectivity index (χ1v) is 12.0. The number of hydrogen-bond acceptors (Lipinski definition) is 5. The predicted octanol–water partition coefficient (Wildman–Crippen LogP) is 4.32. The standard InChI is InChI=1S/C23H29F2N3O2S/c1-13-10-17(24)18(25)12-19(13)26-31-28-20-4-3-5-21(28)23(29)27-9-8-14-11-15(30-2)6-7-16(14)22(20)27/h6-7,12-13,15,20-22,26H,3-5,8-11H2,1-2H3. The molecule has 168 valence electrons. The number of piperazine rings is 1. The number of ether oxygens (including phenoxy) is 1. The van der Waals surface area contributed by atoms with Crippen LogP contribution >= 0.6 is 12.1 Å². The Morgan fingerprint density at radius 1 is 1.26 bits per heavy atom. The normalized spacial score (nSPS) is 35.7. The van der Waals surface area contributed by atoms with Gasteiger partial charge in [-0.25, -0.2) is 13.1 Å². The van der Waals surface area contributed by atoms with Gasteiger partial charge in [0.2, 0.25) is 5.91 Å². The molecule has 5 aliphatic rings. The molecular formula is C23H29F2N3O2S. The summed E-state index contributed by atoms with van der Waals surface area (Å²) in [6.45, 7) is 2.65. The number of carbonyl (C=O) groups excluding carboxylic acids is 1. The molecule has 2 bridgehead atoms. The van der Waals surface area contributed by atoms with Gasteiger partial charge in [-0.05, 0) is 43.8 Å². The summed E-state index contributed by atoms with van der Waals surface area (Å²) < 4.78 is 38.4. The molecule has 3 aliphatic heterocycles. The lowest BCUT2D eigenvalue weighted by Crippen LogP contribution is -2.68.